The van der Waals surface area contributed by atoms with Gasteiger partial charge in [0.1, 0.15) is 0 Å². The van der Waals surface area contributed by atoms with Crippen LogP contribution < -0.4 is 5.73 Å². The molecule has 0 spiro atoms. The monoisotopic (exact) mass is 255 g/mol. The Morgan fingerprint density at radius 3 is 2.57 bits per heavy atom. The first kappa shape index (κ1) is 11.6. The van der Waals surface area contributed by atoms with E-state index in [0.717, 1.165) is 10.2 Å². The van der Waals surface area contributed by atoms with Crippen molar-refractivity contribution in [2.75, 3.05) is 5.73 Å². The zero-order valence-corrected chi connectivity index (χ0v) is 10.7. The SMILES string of the molecule is CC.Cc1c(N)c(Br)cc2c1CCC2. The summed E-state index contributed by atoms with van der Waals surface area (Å²) in [6.45, 7) is 6.12. The second kappa shape index (κ2) is 4.83. The highest BCUT2D eigenvalue weighted by atomic mass is 79.9. The predicted molar refractivity (Wildman–Crippen MR) is 66.7 cm³/mol. The smallest absolute Gasteiger partial charge is 0.0491 e. The molecular weight excluding hydrogens is 238 g/mol. The molecule has 2 N–H and O–H groups in total. The molecule has 0 saturated carbocycles. The number of rotatable bonds is 0. The number of hydrogen-bond donors (Lipinski definition) is 1. The summed E-state index contributed by atoms with van der Waals surface area (Å²) in [4.78, 5) is 0. The van der Waals surface area contributed by atoms with Gasteiger partial charge in [0.25, 0.3) is 0 Å². The average molecular weight is 256 g/mol. The Labute approximate surface area is 94.8 Å². The molecule has 1 aromatic rings. The third kappa shape index (κ3) is 1.95. The van der Waals surface area contributed by atoms with Crippen LogP contribution in [0.1, 0.15) is 37.0 Å². The van der Waals surface area contributed by atoms with Crippen molar-refractivity contribution < 1.29 is 0 Å². The second-order valence-corrected chi connectivity index (χ2v) is 4.24. The molecule has 1 aliphatic carbocycles. The van der Waals surface area contributed by atoms with Crippen LogP contribution >= 0.6 is 15.9 Å². The van der Waals surface area contributed by atoms with Gasteiger partial charge in [-0.3, -0.25) is 0 Å². The van der Waals surface area contributed by atoms with Gasteiger partial charge in [0, 0.05) is 10.2 Å². The molecule has 78 valence electrons. The molecule has 1 aromatic carbocycles. The maximum atomic E-state index is 5.91. The lowest BCUT2D eigenvalue weighted by molar-refractivity contribution is 0.909. The summed E-state index contributed by atoms with van der Waals surface area (Å²) in [7, 11) is 0. The molecule has 14 heavy (non-hydrogen) atoms. The molecule has 0 amide bonds. The van der Waals surface area contributed by atoms with Gasteiger partial charge in [-0.25, -0.2) is 0 Å². The van der Waals surface area contributed by atoms with Crippen LogP contribution in [0, 0.1) is 6.92 Å². The number of hydrogen-bond acceptors (Lipinski definition) is 1. The topological polar surface area (TPSA) is 26.0 Å². The van der Waals surface area contributed by atoms with Gasteiger partial charge < -0.3 is 5.73 Å². The van der Waals surface area contributed by atoms with Crippen LogP contribution in [0.3, 0.4) is 0 Å². The second-order valence-electron chi connectivity index (χ2n) is 3.39. The molecule has 1 nitrogen and oxygen atoms in total. The van der Waals surface area contributed by atoms with E-state index < -0.39 is 0 Å². The number of aryl methyl sites for hydroxylation is 1. The van der Waals surface area contributed by atoms with Crippen molar-refractivity contribution in [3.05, 3.63) is 27.2 Å². The van der Waals surface area contributed by atoms with E-state index in [1.165, 1.54) is 36.0 Å². The molecule has 0 heterocycles. The van der Waals surface area contributed by atoms with Gasteiger partial charge in [-0.05, 0) is 64.9 Å². The molecule has 0 fully saturated rings. The molecule has 2 rings (SSSR count). The van der Waals surface area contributed by atoms with Crippen molar-refractivity contribution in [1.82, 2.24) is 0 Å². The van der Waals surface area contributed by atoms with Crippen molar-refractivity contribution in [3.8, 4) is 0 Å². The zero-order valence-electron chi connectivity index (χ0n) is 9.15. The minimum Gasteiger partial charge on any atom is -0.398 e. The van der Waals surface area contributed by atoms with Crippen molar-refractivity contribution in [1.29, 1.82) is 0 Å². The van der Waals surface area contributed by atoms with Crippen LogP contribution in [-0.4, -0.2) is 0 Å². The third-order valence-electron chi connectivity index (χ3n) is 2.68. The maximum Gasteiger partial charge on any atom is 0.0491 e. The molecule has 0 aliphatic heterocycles. The van der Waals surface area contributed by atoms with Crippen molar-refractivity contribution >= 4 is 21.6 Å². The summed E-state index contributed by atoms with van der Waals surface area (Å²) in [5, 5.41) is 0. The number of nitrogens with two attached hydrogens (primary N) is 1. The van der Waals surface area contributed by atoms with Gasteiger partial charge in [-0.2, -0.15) is 0 Å². The van der Waals surface area contributed by atoms with Gasteiger partial charge in [0.15, 0.2) is 0 Å². The largest absolute Gasteiger partial charge is 0.398 e. The fourth-order valence-corrected chi connectivity index (χ4v) is 2.50. The maximum absolute atomic E-state index is 5.91. The van der Waals surface area contributed by atoms with Crippen molar-refractivity contribution in [3.63, 3.8) is 0 Å². The molecule has 0 saturated heterocycles. The summed E-state index contributed by atoms with van der Waals surface area (Å²) in [6, 6.07) is 2.17. The molecule has 0 radical (unpaired) electrons. The van der Waals surface area contributed by atoms with E-state index in [9.17, 15) is 0 Å². The van der Waals surface area contributed by atoms with Gasteiger partial charge in [-0.1, -0.05) is 13.8 Å². The van der Waals surface area contributed by atoms with E-state index in [2.05, 4.69) is 28.9 Å². The number of halogens is 1. The quantitative estimate of drug-likeness (QED) is 0.701. The lowest BCUT2D eigenvalue weighted by Crippen LogP contribution is -1.96. The lowest BCUT2D eigenvalue weighted by Gasteiger charge is -2.09. The minimum absolute atomic E-state index is 0.913. The Balaban J connectivity index is 0.000000461. The van der Waals surface area contributed by atoms with Gasteiger partial charge in [0.05, 0.1) is 0 Å². The van der Waals surface area contributed by atoms with Crippen LogP contribution in [-0.2, 0) is 12.8 Å². The van der Waals surface area contributed by atoms with E-state index in [1.54, 1.807) is 0 Å². The van der Waals surface area contributed by atoms with E-state index in [0.29, 0.717) is 0 Å². The standard InChI is InChI=1S/C10H12BrN.C2H6/c1-6-8-4-2-3-7(8)5-9(11)10(6)12;1-2/h5H,2-4,12H2,1H3;1-2H3. The van der Waals surface area contributed by atoms with Crippen LogP contribution in [0.15, 0.2) is 10.5 Å². The highest BCUT2D eigenvalue weighted by Crippen LogP contribution is 2.33. The van der Waals surface area contributed by atoms with E-state index in [1.807, 2.05) is 13.8 Å². The summed E-state index contributed by atoms with van der Waals surface area (Å²) in [6.07, 6.45) is 3.71. The Morgan fingerprint density at radius 2 is 1.93 bits per heavy atom. The number of nitrogen functional groups attached to an aromatic ring is 1. The number of benzene rings is 1. The van der Waals surface area contributed by atoms with Crippen LogP contribution in [0.2, 0.25) is 0 Å². The molecule has 2 heteroatoms. The first-order valence-corrected chi connectivity index (χ1v) is 6.06. The average Bonchev–Trinajstić information content (AvgIpc) is 2.65. The fraction of sp³-hybridized carbons (Fsp3) is 0.500. The van der Waals surface area contributed by atoms with Crippen molar-refractivity contribution in [2.45, 2.75) is 40.0 Å². The summed E-state index contributed by atoms with van der Waals surface area (Å²) in [5.41, 5.74) is 11.1. The molecule has 0 unspecified atom stereocenters. The molecule has 0 atom stereocenters. The summed E-state index contributed by atoms with van der Waals surface area (Å²) >= 11 is 3.47. The summed E-state index contributed by atoms with van der Waals surface area (Å²) < 4.78 is 1.06. The van der Waals surface area contributed by atoms with Gasteiger partial charge in [0.2, 0.25) is 0 Å². The van der Waals surface area contributed by atoms with Crippen LogP contribution in [0.5, 0.6) is 0 Å². The number of anilines is 1. The Bertz CT molecular complexity index is 332. The van der Waals surface area contributed by atoms with Crippen molar-refractivity contribution in [2.24, 2.45) is 0 Å². The first-order chi connectivity index (χ1) is 6.70. The van der Waals surface area contributed by atoms with Gasteiger partial charge >= 0.3 is 0 Å². The predicted octanol–water partition coefficient (Wildman–Crippen LogP) is 3.85. The Hall–Kier alpha value is -0.500. The Kier molecular flexibility index (Phi) is 3.99. The molecule has 0 aromatic heterocycles. The molecular formula is C12H18BrN. The fourth-order valence-electron chi connectivity index (χ4n) is 1.93. The summed E-state index contributed by atoms with van der Waals surface area (Å²) in [5.74, 6) is 0. The number of fused-ring (bicyclic) bond motifs is 1. The van der Waals surface area contributed by atoms with Gasteiger partial charge in [-0.15, -0.1) is 0 Å². The third-order valence-corrected chi connectivity index (χ3v) is 3.33. The Morgan fingerprint density at radius 1 is 1.29 bits per heavy atom. The highest BCUT2D eigenvalue weighted by Gasteiger charge is 2.16. The lowest BCUT2D eigenvalue weighted by atomic mass is 10.0. The first-order valence-electron chi connectivity index (χ1n) is 5.26. The minimum atomic E-state index is 0.913. The van der Waals surface area contributed by atoms with E-state index in [-0.39, 0.29) is 0 Å². The zero-order chi connectivity index (χ0) is 10.7. The van der Waals surface area contributed by atoms with E-state index >= 15 is 0 Å². The molecule has 1 aliphatic rings. The van der Waals surface area contributed by atoms with Crippen LogP contribution in [0.4, 0.5) is 5.69 Å². The normalized spacial score (nSPS) is 13.1. The van der Waals surface area contributed by atoms with E-state index in [4.69, 9.17) is 5.73 Å². The highest BCUT2D eigenvalue weighted by molar-refractivity contribution is 9.10. The molecule has 0 bridgehead atoms. The van der Waals surface area contributed by atoms with Crippen LogP contribution in [0.25, 0.3) is 0 Å².